The first-order valence-electron chi connectivity index (χ1n) is 10.0. The summed E-state index contributed by atoms with van der Waals surface area (Å²) in [6, 6.07) is 17.1. The van der Waals surface area contributed by atoms with Crippen molar-refractivity contribution in [2.24, 2.45) is 0 Å². The molecule has 0 spiro atoms. The first-order chi connectivity index (χ1) is 15.9. The molecule has 5 aromatic rings. The first kappa shape index (κ1) is 20.6. The Bertz CT molecular complexity index is 1490. The number of rotatable bonds is 4. The van der Waals surface area contributed by atoms with Crippen molar-refractivity contribution in [3.8, 4) is 16.9 Å². The molecule has 0 fully saturated rings. The fraction of sp³-hybridized carbons (Fsp3) is 0.0833. The smallest absolute Gasteiger partial charge is 0.308 e. The molecular formula is C24H16F3N5O. The Morgan fingerprint density at radius 1 is 0.879 bits per heavy atom. The molecule has 0 saturated carbocycles. The van der Waals surface area contributed by atoms with Gasteiger partial charge in [0.2, 0.25) is 0 Å². The molecule has 0 radical (unpaired) electrons. The lowest BCUT2D eigenvalue weighted by atomic mass is 10.1. The van der Waals surface area contributed by atoms with Crippen molar-refractivity contribution in [3.63, 3.8) is 0 Å². The molecule has 0 amide bonds. The van der Waals surface area contributed by atoms with Crippen LogP contribution in [-0.2, 0) is 12.7 Å². The van der Waals surface area contributed by atoms with E-state index >= 15 is 0 Å². The first-order valence-corrected chi connectivity index (χ1v) is 10.0. The Labute approximate surface area is 185 Å². The van der Waals surface area contributed by atoms with Gasteiger partial charge in [0, 0.05) is 35.6 Å². The van der Waals surface area contributed by atoms with Crippen molar-refractivity contribution in [1.29, 1.82) is 0 Å². The largest absolute Gasteiger partial charge is 0.416 e. The van der Waals surface area contributed by atoms with Gasteiger partial charge in [-0.2, -0.15) is 18.3 Å². The molecule has 0 unspecified atom stereocenters. The van der Waals surface area contributed by atoms with Crippen LogP contribution in [0.4, 0.5) is 13.2 Å². The third-order valence-electron chi connectivity index (χ3n) is 5.23. The van der Waals surface area contributed by atoms with Crippen molar-refractivity contribution in [2.45, 2.75) is 12.7 Å². The van der Waals surface area contributed by atoms with Crippen LogP contribution in [0.3, 0.4) is 0 Å². The molecule has 2 aromatic carbocycles. The highest BCUT2D eigenvalue weighted by molar-refractivity contribution is 5.94. The summed E-state index contributed by atoms with van der Waals surface area (Å²) >= 11 is 0. The van der Waals surface area contributed by atoms with E-state index in [1.807, 2.05) is 24.3 Å². The van der Waals surface area contributed by atoms with Crippen molar-refractivity contribution in [2.75, 3.05) is 0 Å². The fourth-order valence-electron chi connectivity index (χ4n) is 3.62. The summed E-state index contributed by atoms with van der Waals surface area (Å²) in [7, 11) is 0. The van der Waals surface area contributed by atoms with Gasteiger partial charge in [0.1, 0.15) is 11.5 Å². The van der Waals surface area contributed by atoms with Gasteiger partial charge in [-0.25, -0.2) is 14.6 Å². The third-order valence-corrected chi connectivity index (χ3v) is 5.23. The molecule has 164 valence electrons. The fourth-order valence-corrected chi connectivity index (χ4v) is 3.62. The standard InChI is InChI=1S/C24H16F3N5O/c25-24(26,27)17-6-8-18(9-7-17)32-20-5-2-1-4-19(20)23(30-32)16-10-13-31(22(33)14-16)15-21-28-11-3-12-29-21/h1-14H,15H2. The monoisotopic (exact) mass is 447 g/mol. The molecule has 5 rings (SSSR count). The summed E-state index contributed by atoms with van der Waals surface area (Å²) in [6.07, 6.45) is 0.466. The number of benzene rings is 2. The average molecular weight is 447 g/mol. The number of hydrogen-bond acceptors (Lipinski definition) is 4. The number of fused-ring (bicyclic) bond motifs is 1. The second-order valence-electron chi connectivity index (χ2n) is 7.37. The lowest BCUT2D eigenvalue weighted by Gasteiger charge is -2.08. The normalized spacial score (nSPS) is 11.7. The molecule has 0 N–H and O–H groups in total. The Balaban J connectivity index is 1.56. The van der Waals surface area contributed by atoms with E-state index in [9.17, 15) is 18.0 Å². The summed E-state index contributed by atoms with van der Waals surface area (Å²) in [5.41, 5.74) is 1.40. The van der Waals surface area contributed by atoms with Crippen LogP contribution in [0.15, 0.2) is 90.1 Å². The minimum atomic E-state index is -4.41. The van der Waals surface area contributed by atoms with Crippen molar-refractivity contribution >= 4 is 10.9 Å². The second kappa shape index (κ2) is 8.01. The Morgan fingerprint density at radius 2 is 1.61 bits per heavy atom. The highest BCUT2D eigenvalue weighted by Crippen LogP contribution is 2.32. The van der Waals surface area contributed by atoms with Crippen LogP contribution in [0.2, 0.25) is 0 Å². The number of pyridine rings is 1. The second-order valence-corrected chi connectivity index (χ2v) is 7.37. The zero-order chi connectivity index (χ0) is 23.0. The van der Waals surface area contributed by atoms with Crippen LogP contribution in [0.25, 0.3) is 27.8 Å². The quantitative estimate of drug-likeness (QED) is 0.400. The van der Waals surface area contributed by atoms with E-state index in [4.69, 9.17) is 0 Å². The van der Waals surface area contributed by atoms with Gasteiger partial charge in [0.25, 0.3) is 5.56 Å². The highest BCUT2D eigenvalue weighted by Gasteiger charge is 2.30. The Kier molecular flexibility index (Phi) is 5.01. The predicted octanol–water partition coefficient (Wildman–Crippen LogP) is 4.71. The van der Waals surface area contributed by atoms with E-state index < -0.39 is 11.7 Å². The molecule has 0 aliphatic carbocycles. The minimum Gasteiger partial charge on any atom is -0.308 e. The van der Waals surface area contributed by atoms with Crippen LogP contribution in [0.1, 0.15) is 11.4 Å². The average Bonchev–Trinajstić information content (AvgIpc) is 3.20. The number of aromatic nitrogens is 5. The van der Waals surface area contributed by atoms with Gasteiger partial charge in [0.15, 0.2) is 0 Å². The molecule has 0 aliphatic heterocycles. The van der Waals surface area contributed by atoms with Gasteiger partial charge in [-0.1, -0.05) is 18.2 Å². The van der Waals surface area contributed by atoms with Crippen LogP contribution in [0, 0.1) is 0 Å². The SMILES string of the molecule is O=c1cc(-c2nn(-c3ccc(C(F)(F)F)cc3)c3ccccc23)ccn1Cc1ncccn1. The zero-order valence-corrected chi connectivity index (χ0v) is 17.1. The number of halogens is 3. The number of alkyl halides is 3. The lowest BCUT2D eigenvalue weighted by molar-refractivity contribution is -0.137. The summed E-state index contributed by atoms with van der Waals surface area (Å²) in [4.78, 5) is 21.0. The third kappa shape index (κ3) is 4.00. The number of nitrogens with zero attached hydrogens (tertiary/aromatic N) is 5. The molecule has 33 heavy (non-hydrogen) atoms. The van der Waals surface area contributed by atoms with E-state index in [0.29, 0.717) is 28.3 Å². The summed E-state index contributed by atoms with van der Waals surface area (Å²) < 4.78 is 41.9. The summed E-state index contributed by atoms with van der Waals surface area (Å²) in [5, 5.41) is 5.42. The molecule has 3 aromatic heterocycles. The zero-order valence-electron chi connectivity index (χ0n) is 17.1. The van der Waals surface area contributed by atoms with E-state index in [2.05, 4.69) is 15.1 Å². The molecule has 0 atom stereocenters. The Morgan fingerprint density at radius 3 is 2.30 bits per heavy atom. The van der Waals surface area contributed by atoms with Crippen LogP contribution < -0.4 is 5.56 Å². The van der Waals surface area contributed by atoms with E-state index in [-0.39, 0.29) is 12.1 Å². The van der Waals surface area contributed by atoms with Crippen LogP contribution >= 0.6 is 0 Å². The van der Waals surface area contributed by atoms with Crippen molar-refractivity contribution in [3.05, 3.63) is 107 Å². The maximum absolute atomic E-state index is 12.9. The topological polar surface area (TPSA) is 65.6 Å². The van der Waals surface area contributed by atoms with E-state index in [0.717, 1.165) is 17.5 Å². The maximum Gasteiger partial charge on any atom is 0.416 e. The number of para-hydroxylation sites is 1. The van der Waals surface area contributed by atoms with Crippen LogP contribution in [-0.4, -0.2) is 24.3 Å². The van der Waals surface area contributed by atoms with E-state index in [1.54, 1.807) is 35.4 Å². The summed E-state index contributed by atoms with van der Waals surface area (Å²) in [6.45, 7) is 0.237. The van der Waals surface area contributed by atoms with Gasteiger partial charge in [-0.05, 0) is 42.5 Å². The molecule has 9 heteroatoms. The van der Waals surface area contributed by atoms with Crippen LogP contribution in [0.5, 0.6) is 0 Å². The van der Waals surface area contributed by atoms with Crippen molar-refractivity contribution in [1.82, 2.24) is 24.3 Å². The number of hydrogen-bond donors (Lipinski definition) is 0. The molecule has 0 bridgehead atoms. The van der Waals surface area contributed by atoms with Gasteiger partial charge in [-0.15, -0.1) is 0 Å². The maximum atomic E-state index is 12.9. The molecule has 0 saturated heterocycles. The van der Waals surface area contributed by atoms with Gasteiger partial charge in [0.05, 0.1) is 23.3 Å². The van der Waals surface area contributed by atoms with Gasteiger partial charge in [-0.3, -0.25) is 4.79 Å². The lowest BCUT2D eigenvalue weighted by Crippen LogP contribution is -2.20. The highest BCUT2D eigenvalue weighted by atomic mass is 19.4. The molecule has 3 heterocycles. The minimum absolute atomic E-state index is 0.237. The molecule has 6 nitrogen and oxygen atoms in total. The van der Waals surface area contributed by atoms with E-state index in [1.165, 1.54) is 22.8 Å². The van der Waals surface area contributed by atoms with Gasteiger partial charge < -0.3 is 4.57 Å². The predicted molar refractivity (Wildman–Crippen MR) is 117 cm³/mol. The molecule has 0 aliphatic rings. The molecular weight excluding hydrogens is 431 g/mol. The van der Waals surface area contributed by atoms with Gasteiger partial charge >= 0.3 is 6.18 Å². The Hall–Kier alpha value is -4.27. The van der Waals surface area contributed by atoms with Crippen molar-refractivity contribution < 1.29 is 13.2 Å². The summed E-state index contributed by atoms with van der Waals surface area (Å²) in [5.74, 6) is 0.518.